The van der Waals surface area contributed by atoms with Crippen molar-refractivity contribution in [3.05, 3.63) is 33.9 Å². The van der Waals surface area contributed by atoms with Gasteiger partial charge in [-0.25, -0.2) is 0 Å². The van der Waals surface area contributed by atoms with Gasteiger partial charge in [-0.15, -0.1) is 0 Å². The highest BCUT2D eigenvalue weighted by atomic mass is 19.4. The fourth-order valence-corrected chi connectivity index (χ4v) is 1.10. The quantitative estimate of drug-likeness (QED) is 0.659. The van der Waals surface area contributed by atoms with Gasteiger partial charge in [-0.2, -0.15) is 13.2 Å². The number of rotatable bonds is 4. The first-order valence-electron chi connectivity index (χ1n) is 4.59. The normalized spacial score (nSPS) is 11.3. The number of benzene rings is 1. The molecular weight excluding hydrogens is 241 g/mol. The van der Waals surface area contributed by atoms with Gasteiger partial charge in [0.25, 0.3) is 5.69 Å². The SMILES string of the molecule is CCONc1cc(C(F)(F)F)ccc1[N+](=O)[O-]. The van der Waals surface area contributed by atoms with Crippen LogP contribution in [-0.2, 0) is 11.0 Å². The molecule has 0 heterocycles. The van der Waals surface area contributed by atoms with Gasteiger partial charge in [-0.3, -0.25) is 20.4 Å². The number of hydrogen-bond donors (Lipinski definition) is 1. The Kier molecular flexibility index (Phi) is 3.89. The Morgan fingerprint density at radius 1 is 1.47 bits per heavy atom. The summed E-state index contributed by atoms with van der Waals surface area (Å²) in [7, 11) is 0. The van der Waals surface area contributed by atoms with Crippen LogP contribution in [0.3, 0.4) is 0 Å². The van der Waals surface area contributed by atoms with Crippen LogP contribution in [0.25, 0.3) is 0 Å². The average Bonchev–Trinajstić information content (AvgIpc) is 2.24. The van der Waals surface area contributed by atoms with Gasteiger partial charge in [0.2, 0.25) is 0 Å². The van der Waals surface area contributed by atoms with E-state index in [1.165, 1.54) is 0 Å². The predicted octanol–water partition coefficient (Wildman–Crippen LogP) is 2.98. The van der Waals surface area contributed by atoms with Crippen molar-refractivity contribution in [2.45, 2.75) is 13.1 Å². The molecule has 5 nitrogen and oxygen atoms in total. The van der Waals surface area contributed by atoms with Crippen molar-refractivity contribution in [1.82, 2.24) is 0 Å². The van der Waals surface area contributed by atoms with Gasteiger partial charge in [0.05, 0.1) is 17.1 Å². The van der Waals surface area contributed by atoms with Crippen LogP contribution in [0, 0.1) is 10.1 Å². The molecule has 0 spiro atoms. The summed E-state index contributed by atoms with van der Waals surface area (Å²) in [6, 6.07) is 2.06. The number of hydrogen-bond acceptors (Lipinski definition) is 4. The Balaban J connectivity index is 3.14. The Morgan fingerprint density at radius 2 is 2.12 bits per heavy atom. The van der Waals surface area contributed by atoms with Crippen molar-refractivity contribution in [1.29, 1.82) is 0 Å². The van der Waals surface area contributed by atoms with E-state index in [1.54, 1.807) is 6.92 Å². The van der Waals surface area contributed by atoms with Gasteiger partial charge >= 0.3 is 6.18 Å². The highest BCUT2D eigenvalue weighted by molar-refractivity contribution is 5.61. The largest absolute Gasteiger partial charge is 0.416 e. The van der Waals surface area contributed by atoms with Crippen LogP contribution in [0.4, 0.5) is 24.5 Å². The molecule has 0 aromatic heterocycles. The number of nitro benzene ring substituents is 1. The topological polar surface area (TPSA) is 64.4 Å². The second kappa shape index (κ2) is 5.00. The van der Waals surface area contributed by atoms with E-state index in [4.69, 9.17) is 0 Å². The molecule has 0 amide bonds. The number of anilines is 1. The fraction of sp³-hybridized carbons (Fsp3) is 0.333. The van der Waals surface area contributed by atoms with E-state index in [2.05, 4.69) is 10.3 Å². The molecule has 0 radical (unpaired) electrons. The molecule has 1 rings (SSSR count). The Morgan fingerprint density at radius 3 is 2.59 bits per heavy atom. The molecule has 0 atom stereocenters. The van der Waals surface area contributed by atoms with Gasteiger partial charge in [-0.05, 0) is 19.1 Å². The molecule has 0 saturated heterocycles. The third-order valence-corrected chi connectivity index (χ3v) is 1.85. The van der Waals surface area contributed by atoms with E-state index in [0.717, 1.165) is 6.07 Å². The summed E-state index contributed by atoms with van der Waals surface area (Å²) in [4.78, 5) is 14.4. The molecule has 1 N–H and O–H groups in total. The summed E-state index contributed by atoms with van der Waals surface area (Å²) >= 11 is 0. The third kappa shape index (κ3) is 3.31. The van der Waals surface area contributed by atoms with Crippen LogP contribution < -0.4 is 5.48 Å². The Bertz CT molecular complexity index is 420. The van der Waals surface area contributed by atoms with Crippen LogP contribution in [0.15, 0.2) is 18.2 Å². The number of nitrogens with zero attached hydrogens (tertiary/aromatic N) is 1. The van der Waals surface area contributed by atoms with E-state index in [0.29, 0.717) is 12.1 Å². The molecule has 17 heavy (non-hydrogen) atoms. The minimum atomic E-state index is -4.56. The molecular formula is C9H9F3N2O3. The Hall–Kier alpha value is -1.83. The maximum absolute atomic E-state index is 12.4. The van der Waals surface area contributed by atoms with Gasteiger partial charge in [-0.1, -0.05) is 0 Å². The van der Waals surface area contributed by atoms with Crippen molar-refractivity contribution in [3.8, 4) is 0 Å². The van der Waals surface area contributed by atoms with Crippen molar-refractivity contribution >= 4 is 11.4 Å². The van der Waals surface area contributed by atoms with Crippen molar-refractivity contribution < 1.29 is 22.9 Å². The fourth-order valence-electron chi connectivity index (χ4n) is 1.10. The first-order valence-corrected chi connectivity index (χ1v) is 4.59. The minimum Gasteiger partial charge on any atom is -0.276 e. The summed E-state index contributed by atoms with van der Waals surface area (Å²) in [6.45, 7) is 1.75. The smallest absolute Gasteiger partial charge is 0.276 e. The minimum absolute atomic E-state index is 0.160. The second-order valence-electron chi connectivity index (χ2n) is 3.02. The molecule has 94 valence electrons. The molecule has 0 saturated carbocycles. The molecule has 0 unspecified atom stereocenters. The van der Waals surface area contributed by atoms with Crippen molar-refractivity contribution in [2.75, 3.05) is 12.1 Å². The maximum Gasteiger partial charge on any atom is 0.416 e. The lowest BCUT2D eigenvalue weighted by Crippen LogP contribution is -2.08. The zero-order valence-corrected chi connectivity index (χ0v) is 8.75. The van der Waals surface area contributed by atoms with Gasteiger partial charge in [0, 0.05) is 6.07 Å². The maximum atomic E-state index is 12.4. The second-order valence-corrected chi connectivity index (χ2v) is 3.02. The number of alkyl halides is 3. The molecule has 0 bridgehead atoms. The monoisotopic (exact) mass is 250 g/mol. The van der Waals surface area contributed by atoms with E-state index in [-0.39, 0.29) is 12.3 Å². The molecule has 1 aromatic rings. The van der Waals surface area contributed by atoms with Crippen LogP contribution >= 0.6 is 0 Å². The lowest BCUT2D eigenvalue weighted by Gasteiger charge is -2.10. The summed E-state index contributed by atoms with van der Waals surface area (Å²) in [5, 5.41) is 10.6. The van der Waals surface area contributed by atoms with Gasteiger partial charge in [0.1, 0.15) is 5.69 Å². The molecule has 8 heteroatoms. The number of halogens is 3. The van der Waals surface area contributed by atoms with Crippen LogP contribution in [0.5, 0.6) is 0 Å². The van der Waals surface area contributed by atoms with Crippen LogP contribution in [-0.4, -0.2) is 11.5 Å². The standard InChI is InChI=1S/C9H9F3N2O3/c1-2-17-13-7-5-6(9(10,11)12)3-4-8(7)14(15)16/h3-5,13H,2H2,1H3. The Labute approximate surface area is 94.3 Å². The highest BCUT2D eigenvalue weighted by Gasteiger charge is 2.32. The number of nitro groups is 1. The van der Waals surface area contributed by atoms with E-state index in [9.17, 15) is 23.3 Å². The zero-order chi connectivity index (χ0) is 13.1. The molecule has 0 aliphatic heterocycles. The van der Waals surface area contributed by atoms with E-state index < -0.39 is 22.4 Å². The zero-order valence-electron chi connectivity index (χ0n) is 8.75. The van der Waals surface area contributed by atoms with Crippen molar-refractivity contribution in [2.24, 2.45) is 0 Å². The number of nitrogens with one attached hydrogen (secondary N) is 1. The van der Waals surface area contributed by atoms with E-state index in [1.807, 2.05) is 0 Å². The summed E-state index contributed by atoms with van der Waals surface area (Å²) < 4.78 is 37.2. The van der Waals surface area contributed by atoms with Gasteiger partial charge in [0.15, 0.2) is 0 Å². The molecule has 0 aliphatic rings. The third-order valence-electron chi connectivity index (χ3n) is 1.85. The highest BCUT2D eigenvalue weighted by Crippen LogP contribution is 2.34. The average molecular weight is 250 g/mol. The predicted molar refractivity (Wildman–Crippen MR) is 53.3 cm³/mol. The van der Waals surface area contributed by atoms with Crippen LogP contribution in [0.2, 0.25) is 0 Å². The van der Waals surface area contributed by atoms with E-state index >= 15 is 0 Å². The lowest BCUT2D eigenvalue weighted by atomic mass is 10.1. The lowest BCUT2D eigenvalue weighted by molar-refractivity contribution is -0.384. The molecule has 1 aromatic carbocycles. The van der Waals surface area contributed by atoms with Crippen molar-refractivity contribution in [3.63, 3.8) is 0 Å². The summed E-state index contributed by atoms with van der Waals surface area (Å²) in [6.07, 6.45) is -4.56. The van der Waals surface area contributed by atoms with Gasteiger partial charge < -0.3 is 0 Å². The molecule has 0 aliphatic carbocycles. The summed E-state index contributed by atoms with van der Waals surface area (Å²) in [5.74, 6) is 0. The van der Waals surface area contributed by atoms with Crippen LogP contribution in [0.1, 0.15) is 12.5 Å². The first-order chi connectivity index (χ1) is 7.86. The summed E-state index contributed by atoms with van der Waals surface area (Å²) in [5.41, 5.74) is 0.327. The molecule has 0 fully saturated rings. The first kappa shape index (κ1) is 13.2.